The first-order chi connectivity index (χ1) is 8.16. The Labute approximate surface area is 104 Å². The predicted octanol–water partition coefficient (Wildman–Crippen LogP) is 1.87. The van der Waals surface area contributed by atoms with Crippen molar-refractivity contribution in [1.29, 1.82) is 0 Å². The fourth-order valence-corrected chi connectivity index (χ4v) is 2.10. The normalized spacial score (nSPS) is 32.9. The van der Waals surface area contributed by atoms with E-state index in [1.54, 1.807) is 13.2 Å². The minimum absolute atomic E-state index is 0.0956. The third-order valence-electron chi connectivity index (χ3n) is 2.99. The lowest BCUT2D eigenvalue weighted by Crippen LogP contribution is -2.38. The largest absolute Gasteiger partial charge is 0.384 e. The maximum Gasteiger partial charge on any atom is 0.186 e. The molecule has 0 aromatic rings. The lowest BCUT2D eigenvalue weighted by Gasteiger charge is -2.25. The van der Waals surface area contributed by atoms with Crippen molar-refractivity contribution in [3.8, 4) is 0 Å². The monoisotopic (exact) mass is 244 g/mol. The van der Waals surface area contributed by atoms with Crippen molar-refractivity contribution in [3.05, 3.63) is 12.7 Å². The Morgan fingerprint density at radius 3 is 2.94 bits per heavy atom. The van der Waals surface area contributed by atoms with Gasteiger partial charge in [-0.25, -0.2) is 0 Å². The molecule has 1 fully saturated rings. The first kappa shape index (κ1) is 14.6. The summed E-state index contributed by atoms with van der Waals surface area (Å²) in [5.74, 6) is 0. The molecule has 0 saturated carbocycles. The Morgan fingerprint density at radius 2 is 2.35 bits per heavy atom. The lowest BCUT2D eigenvalue weighted by atomic mass is 9.95. The van der Waals surface area contributed by atoms with Crippen LogP contribution in [0.2, 0.25) is 0 Å². The van der Waals surface area contributed by atoms with E-state index in [4.69, 9.17) is 14.2 Å². The zero-order valence-corrected chi connectivity index (χ0v) is 10.9. The van der Waals surface area contributed by atoms with Crippen molar-refractivity contribution in [1.82, 2.24) is 0 Å². The maximum absolute atomic E-state index is 10.3. The molecule has 0 aromatic heterocycles. The van der Waals surface area contributed by atoms with E-state index < -0.39 is 11.9 Å². The molecule has 4 heteroatoms. The molecule has 1 rings (SSSR count). The smallest absolute Gasteiger partial charge is 0.186 e. The van der Waals surface area contributed by atoms with Crippen LogP contribution in [-0.2, 0) is 14.2 Å². The third-order valence-corrected chi connectivity index (χ3v) is 2.99. The van der Waals surface area contributed by atoms with Crippen LogP contribution in [0.15, 0.2) is 12.7 Å². The Hall–Kier alpha value is -0.420. The Bertz CT molecular complexity index is 231. The predicted molar refractivity (Wildman–Crippen MR) is 65.8 cm³/mol. The van der Waals surface area contributed by atoms with E-state index >= 15 is 0 Å². The average Bonchev–Trinajstić information content (AvgIpc) is 2.61. The van der Waals surface area contributed by atoms with Gasteiger partial charge < -0.3 is 19.3 Å². The summed E-state index contributed by atoms with van der Waals surface area (Å²) in [7, 11) is 1.54. The van der Waals surface area contributed by atoms with Crippen LogP contribution in [0.25, 0.3) is 0 Å². The second-order valence-electron chi connectivity index (χ2n) is 4.55. The molecule has 1 aliphatic heterocycles. The van der Waals surface area contributed by atoms with Crippen molar-refractivity contribution in [2.75, 3.05) is 20.3 Å². The number of rotatable bonds is 8. The maximum atomic E-state index is 10.3. The van der Waals surface area contributed by atoms with Crippen LogP contribution in [0, 0.1) is 0 Å². The molecule has 17 heavy (non-hydrogen) atoms. The molecule has 100 valence electrons. The van der Waals surface area contributed by atoms with Gasteiger partial charge in [-0.2, -0.15) is 0 Å². The Balaban J connectivity index is 2.38. The minimum atomic E-state index is -0.963. The van der Waals surface area contributed by atoms with Crippen LogP contribution in [0.1, 0.15) is 32.6 Å². The number of hydrogen-bond donors (Lipinski definition) is 1. The molecule has 0 spiro atoms. The highest BCUT2D eigenvalue weighted by Gasteiger charge is 2.46. The van der Waals surface area contributed by atoms with Gasteiger partial charge in [0.1, 0.15) is 5.60 Å². The average molecular weight is 244 g/mol. The topological polar surface area (TPSA) is 47.9 Å². The lowest BCUT2D eigenvalue weighted by molar-refractivity contribution is -0.189. The number of hydrogen-bond acceptors (Lipinski definition) is 4. The van der Waals surface area contributed by atoms with Gasteiger partial charge in [-0.3, -0.25) is 0 Å². The quantitative estimate of drug-likeness (QED) is 0.523. The zero-order chi connectivity index (χ0) is 12.7. The van der Waals surface area contributed by atoms with E-state index in [2.05, 4.69) is 13.5 Å². The van der Waals surface area contributed by atoms with Gasteiger partial charge in [0.15, 0.2) is 6.29 Å². The van der Waals surface area contributed by atoms with Crippen LogP contribution >= 0.6 is 0 Å². The molecule has 4 nitrogen and oxygen atoms in total. The van der Waals surface area contributed by atoms with Gasteiger partial charge >= 0.3 is 0 Å². The number of methoxy groups -OCH3 is 1. The van der Waals surface area contributed by atoms with Gasteiger partial charge in [0.25, 0.3) is 0 Å². The van der Waals surface area contributed by atoms with Gasteiger partial charge in [-0.15, -0.1) is 6.58 Å². The van der Waals surface area contributed by atoms with E-state index in [1.807, 2.05) is 0 Å². The molecule has 0 aromatic carbocycles. The second-order valence-corrected chi connectivity index (χ2v) is 4.55. The molecular formula is C13H24O4. The Morgan fingerprint density at radius 1 is 1.59 bits per heavy atom. The van der Waals surface area contributed by atoms with Gasteiger partial charge in [0.2, 0.25) is 0 Å². The van der Waals surface area contributed by atoms with E-state index in [0.29, 0.717) is 19.4 Å². The van der Waals surface area contributed by atoms with E-state index in [1.165, 1.54) is 0 Å². The van der Waals surface area contributed by atoms with E-state index in [-0.39, 0.29) is 6.10 Å². The van der Waals surface area contributed by atoms with Gasteiger partial charge in [0.05, 0.1) is 12.7 Å². The summed E-state index contributed by atoms with van der Waals surface area (Å²) >= 11 is 0. The molecule has 1 saturated heterocycles. The van der Waals surface area contributed by atoms with Crippen LogP contribution in [-0.4, -0.2) is 43.4 Å². The standard InChI is InChI=1S/C13H24O4/c1-4-6-8-16-10-11-9-13(14,7-5-2)12(15-3)17-11/h5,11-12,14H,2,4,6-10H2,1,3H3/t11-,12-,13+/m0/s1. The molecule has 0 unspecified atom stereocenters. The summed E-state index contributed by atoms with van der Waals surface area (Å²) in [6.07, 6.45) is 4.18. The van der Waals surface area contributed by atoms with Crippen molar-refractivity contribution in [2.45, 2.75) is 50.6 Å². The van der Waals surface area contributed by atoms with Gasteiger partial charge in [0, 0.05) is 20.1 Å². The molecule has 0 bridgehead atoms. The molecule has 0 radical (unpaired) electrons. The van der Waals surface area contributed by atoms with Crippen LogP contribution in [0.3, 0.4) is 0 Å². The number of aliphatic hydroxyl groups is 1. The van der Waals surface area contributed by atoms with E-state index in [0.717, 1.165) is 19.4 Å². The van der Waals surface area contributed by atoms with Crippen LogP contribution in [0.4, 0.5) is 0 Å². The number of unbranched alkanes of at least 4 members (excludes halogenated alkanes) is 1. The highest BCUT2D eigenvalue weighted by atomic mass is 16.7. The fraction of sp³-hybridized carbons (Fsp3) is 0.846. The summed E-state index contributed by atoms with van der Waals surface area (Å²) in [4.78, 5) is 0. The summed E-state index contributed by atoms with van der Waals surface area (Å²) in [5, 5.41) is 10.3. The van der Waals surface area contributed by atoms with Crippen molar-refractivity contribution < 1.29 is 19.3 Å². The van der Waals surface area contributed by atoms with Crippen molar-refractivity contribution >= 4 is 0 Å². The molecule has 0 aliphatic carbocycles. The summed E-state index contributed by atoms with van der Waals surface area (Å²) in [5.41, 5.74) is -0.963. The minimum Gasteiger partial charge on any atom is -0.384 e. The first-order valence-corrected chi connectivity index (χ1v) is 6.25. The molecule has 0 amide bonds. The molecule has 3 atom stereocenters. The molecule has 1 heterocycles. The summed E-state index contributed by atoms with van der Waals surface area (Å²) in [6.45, 7) is 7.03. The van der Waals surface area contributed by atoms with Crippen molar-refractivity contribution in [2.24, 2.45) is 0 Å². The SMILES string of the molecule is C=CC[C@@]1(O)C[C@@H](COCCCC)O[C@@H]1OC. The highest BCUT2D eigenvalue weighted by molar-refractivity contribution is 4.96. The second kappa shape index (κ2) is 7.11. The molecule has 1 aliphatic rings. The van der Waals surface area contributed by atoms with Crippen molar-refractivity contribution in [3.63, 3.8) is 0 Å². The molecular weight excluding hydrogens is 220 g/mol. The highest BCUT2D eigenvalue weighted by Crippen LogP contribution is 2.34. The first-order valence-electron chi connectivity index (χ1n) is 6.25. The van der Waals surface area contributed by atoms with Gasteiger partial charge in [-0.05, 0) is 12.8 Å². The zero-order valence-electron chi connectivity index (χ0n) is 10.9. The summed E-state index contributed by atoms with van der Waals surface area (Å²) < 4.78 is 16.3. The summed E-state index contributed by atoms with van der Waals surface area (Å²) in [6, 6.07) is 0. The molecule has 1 N–H and O–H groups in total. The van der Waals surface area contributed by atoms with Gasteiger partial charge in [-0.1, -0.05) is 19.4 Å². The Kier molecular flexibility index (Phi) is 6.12. The third kappa shape index (κ3) is 4.07. The van der Waals surface area contributed by atoms with E-state index in [9.17, 15) is 5.11 Å². The van der Waals surface area contributed by atoms with Crippen LogP contribution in [0.5, 0.6) is 0 Å². The van der Waals surface area contributed by atoms with Crippen LogP contribution < -0.4 is 0 Å². The fourth-order valence-electron chi connectivity index (χ4n) is 2.10. The number of ether oxygens (including phenoxy) is 3.